The average molecular weight is 553 g/mol. The van der Waals surface area contributed by atoms with Crippen LogP contribution >= 0.6 is 0 Å². The molecule has 0 bridgehead atoms. The molecule has 0 saturated carbocycles. The van der Waals surface area contributed by atoms with Crippen molar-refractivity contribution in [1.82, 2.24) is 19.8 Å². The number of aromatic nitrogens is 2. The molecule has 41 heavy (non-hydrogen) atoms. The van der Waals surface area contributed by atoms with E-state index in [4.69, 9.17) is 9.72 Å². The number of methoxy groups -OCH3 is 1. The van der Waals surface area contributed by atoms with Gasteiger partial charge in [-0.1, -0.05) is 43.7 Å². The number of piperazine rings is 1. The van der Waals surface area contributed by atoms with E-state index in [2.05, 4.69) is 82.2 Å². The Balaban J connectivity index is 1.32. The van der Waals surface area contributed by atoms with Gasteiger partial charge < -0.3 is 19.9 Å². The van der Waals surface area contributed by atoms with Crippen molar-refractivity contribution in [3.8, 4) is 17.0 Å². The minimum atomic E-state index is 0.620. The second-order valence-corrected chi connectivity index (χ2v) is 10.9. The first kappa shape index (κ1) is 28.8. The normalized spacial score (nSPS) is 14.1. The van der Waals surface area contributed by atoms with Gasteiger partial charge in [-0.3, -0.25) is 4.90 Å². The summed E-state index contributed by atoms with van der Waals surface area (Å²) >= 11 is 0. The van der Waals surface area contributed by atoms with Crippen LogP contribution < -0.4 is 15.0 Å². The van der Waals surface area contributed by atoms with Gasteiger partial charge in [0.15, 0.2) is 0 Å². The van der Waals surface area contributed by atoms with Crippen LogP contribution in [0.1, 0.15) is 31.4 Å². The highest BCUT2D eigenvalue weighted by molar-refractivity contribution is 5.98. The molecule has 216 valence electrons. The number of rotatable bonds is 12. The molecule has 1 aliphatic rings. The van der Waals surface area contributed by atoms with E-state index in [9.17, 15) is 0 Å². The smallest absolute Gasteiger partial charge is 0.223 e. The number of benzene rings is 3. The maximum atomic E-state index is 5.36. The van der Waals surface area contributed by atoms with E-state index < -0.39 is 0 Å². The third kappa shape index (κ3) is 7.34. The predicted molar refractivity (Wildman–Crippen MR) is 171 cm³/mol. The highest BCUT2D eigenvalue weighted by atomic mass is 16.5. The van der Waals surface area contributed by atoms with E-state index in [0.717, 1.165) is 61.8 Å². The standard InChI is InChI=1S/C34H44N6O/c1-5-38(6-2)15-8-16-39-17-19-40(20-18-39)33-24-29(23-28-12-11-26(3)21-31(28)33)32-13-14-35-34(37-32)36-25-27-9-7-10-30(22-27)41-4/h7,9-14,21-24H,5-6,8,15-20,25H2,1-4H3,(H,35,36,37). The van der Waals surface area contributed by atoms with Gasteiger partial charge in [-0.05, 0) is 86.9 Å². The first-order chi connectivity index (χ1) is 20.1. The van der Waals surface area contributed by atoms with Gasteiger partial charge in [-0.2, -0.15) is 0 Å². The lowest BCUT2D eigenvalue weighted by atomic mass is 10.00. The van der Waals surface area contributed by atoms with Gasteiger partial charge in [-0.25, -0.2) is 9.97 Å². The van der Waals surface area contributed by atoms with E-state index >= 15 is 0 Å². The predicted octanol–water partition coefficient (Wildman–Crippen LogP) is 6.08. The molecule has 4 aromatic rings. The lowest BCUT2D eigenvalue weighted by molar-refractivity contribution is 0.227. The highest BCUT2D eigenvalue weighted by Gasteiger charge is 2.20. The molecule has 0 amide bonds. The summed E-state index contributed by atoms with van der Waals surface area (Å²) < 4.78 is 5.36. The van der Waals surface area contributed by atoms with Gasteiger partial charge in [0.25, 0.3) is 0 Å². The number of aryl methyl sites for hydroxylation is 1. The topological polar surface area (TPSA) is 56.8 Å². The molecule has 2 heterocycles. The van der Waals surface area contributed by atoms with Crippen LogP contribution in [0.4, 0.5) is 11.6 Å². The molecule has 1 aliphatic heterocycles. The highest BCUT2D eigenvalue weighted by Crippen LogP contribution is 2.34. The number of anilines is 2. The van der Waals surface area contributed by atoms with E-state index in [1.807, 2.05) is 30.5 Å². The zero-order valence-electron chi connectivity index (χ0n) is 25.1. The number of fused-ring (bicyclic) bond motifs is 1. The quantitative estimate of drug-likeness (QED) is 0.229. The van der Waals surface area contributed by atoms with Crippen molar-refractivity contribution in [3.63, 3.8) is 0 Å². The van der Waals surface area contributed by atoms with Crippen LogP contribution in [0, 0.1) is 6.92 Å². The molecule has 1 N–H and O–H groups in total. The van der Waals surface area contributed by atoms with Crippen molar-refractivity contribution in [2.24, 2.45) is 0 Å². The van der Waals surface area contributed by atoms with Crippen LogP contribution in [0.3, 0.4) is 0 Å². The molecule has 0 atom stereocenters. The molecule has 1 fully saturated rings. The Labute approximate surface area is 245 Å². The van der Waals surface area contributed by atoms with Crippen molar-refractivity contribution >= 4 is 22.4 Å². The zero-order valence-corrected chi connectivity index (χ0v) is 25.1. The summed E-state index contributed by atoms with van der Waals surface area (Å²) in [6.45, 7) is 16.2. The second-order valence-electron chi connectivity index (χ2n) is 10.9. The van der Waals surface area contributed by atoms with Crippen LogP contribution in [0.2, 0.25) is 0 Å². The molecule has 7 heteroatoms. The summed E-state index contributed by atoms with van der Waals surface area (Å²) in [6, 6.07) is 21.4. The number of hydrogen-bond donors (Lipinski definition) is 1. The molecule has 7 nitrogen and oxygen atoms in total. The number of ether oxygens (including phenoxy) is 1. The molecule has 0 unspecified atom stereocenters. The Bertz CT molecular complexity index is 1430. The number of nitrogens with one attached hydrogen (secondary N) is 1. The Morgan fingerprint density at radius 3 is 2.56 bits per heavy atom. The van der Waals surface area contributed by atoms with E-state index in [1.165, 1.54) is 41.5 Å². The van der Waals surface area contributed by atoms with Crippen molar-refractivity contribution in [2.45, 2.75) is 33.7 Å². The average Bonchev–Trinajstić information content (AvgIpc) is 3.02. The molecular formula is C34H44N6O. The van der Waals surface area contributed by atoms with Gasteiger partial charge in [0.05, 0.1) is 12.8 Å². The summed E-state index contributed by atoms with van der Waals surface area (Å²) in [5, 5.41) is 5.94. The van der Waals surface area contributed by atoms with Crippen molar-refractivity contribution in [1.29, 1.82) is 0 Å². The van der Waals surface area contributed by atoms with Gasteiger partial charge in [0.1, 0.15) is 5.75 Å². The minimum Gasteiger partial charge on any atom is -0.497 e. The third-order valence-electron chi connectivity index (χ3n) is 8.18. The van der Waals surface area contributed by atoms with Gasteiger partial charge >= 0.3 is 0 Å². The first-order valence-electron chi connectivity index (χ1n) is 15.0. The Morgan fingerprint density at radius 1 is 0.951 bits per heavy atom. The summed E-state index contributed by atoms with van der Waals surface area (Å²) in [7, 11) is 1.69. The molecule has 1 aromatic heterocycles. The fraction of sp³-hybridized carbons (Fsp3) is 0.412. The maximum absolute atomic E-state index is 5.36. The monoisotopic (exact) mass is 552 g/mol. The molecule has 1 saturated heterocycles. The zero-order chi connectivity index (χ0) is 28.6. The number of hydrogen-bond acceptors (Lipinski definition) is 7. The Morgan fingerprint density at radius 2 is 1.78 bits per heavy atom. The van der Waals surface area contributed by atoms with Crippen molar-refractivity contribution < 1.29 is 4.74 Å². The fourth-order valence-electron chi connectivity index (χ4n) is 5.70. The summed E-state index contributed by atoms with van der Waals surface area (Å²) in [5.74, 6) is 1.47. The molecule has 3 aromatic carbocycles. The van der Waals surface area contributed by atoms with Crippen LogP contribution in [0.15, 0.2) is 66.9 Å². The summed E-state index contributed by atoms with van der Waals surface area (Å²) in [6.07, 6.45) is 3.08. The van der Waals surface area contributed by atoms with Crippen LogP contribution in [0.5, 0.6) is 5.75 Å². The molecule has 5 rings (SSSR count). The van der Waals surface area contributed by atoms with Gasteiger partial charge in [-0.15, -0.1) is 0 Å². The summed E-state index contributed by atoms with van der Waals surface area (Å²) in [5.41, 5.74) is 5.74. The van der Waals surface area contributed by atoms with Gasteiger partial charge in [0, 0.05) is 55.6 Å². The maximum Gasteiger partial charge on any atom is 0.223 e. The van der Waals surface area contributed by atoms with Crippen molar-refractivity contribution in [2.75, 3.05) is 69.7 Å². The third-order valence-corrected chi connectivity index (χ3v) is 8.18. The molecular weight excluding hydrogens is 508 g/mol. The molecule has 0 spiro atoms. The second kappa shape index (κ2) is 13.8. The molecule has 0 aliphatic carbocycles. The van der Waals surface area contributed by atoms with E-state index in [-0.39, 0.29) is 0 Å². The lowest BCUT2D eigenvalue weighted by Crippen LogP contribution is -2.47. The van der Waals surface area contributed by atoms with E-state index in [1.54, 1.807) is 7.11 Å². The fourth-order valence-corrected chi connectivity index (χ4v) is 5.70. The largest absolute Gasteiger partial charge is 0.497 e. The number of nitrogens with zero attached hydrogens (tertiary/aromatic N) is 5. The summed E-state index contributed by atoms with van der Waals surface area (Å²) in [4.78, 5) is 17.1. The van der Waals surface area contributed by atoms with Crippen molar-refractivity contribution in [3.05, 3.63) is 78.0 Å². The SMILES string of the molecule is CCN(CC)CCCN1CCN(c2cc(-c3ccnc(NCc4cccc(OC)c4)n3)cc3ccc(C)cc23)CC1. The van der Waals surface area contributed by atoms with Crippen LogP contribution in [-0.2, 0) is 6.54 Å². The van der Waals surface area contributed by atoms with Crippen LogP contribution in [0.25, 0.3) is 22.0 Å². The van der Waals surface area contributed by atoms with Gasteiger partial charge in [0.2, 0.25) is 5.95 Å². The molecule has 0 radical (unpaired) electrons. The van der Waals surface area contributed by atoms with Crippen LogP contribution in [-0.4, -0.2) is 79.2 Å². The Kier molecular flexibility index (Phi) is 9.70. The Hall–Kier alpha value is -3.68. The lowest BCUT2D eigenvalue weighted by Gasteiger charge is -2.37. The first-order valence-corrected chi connectivity index (χ1v) is 15.0. The van der Waals surface area contributed by atoms with E-state index in [0.29, 0.717) is 12.5 Å². The minimum absolute atomic E-state index is 0.620.